The van der Waals surface area contributed by atoms with Crippen molar-refractivity contribution in [2.24, 2.45) is 39.4 Å². The van der Waals surface area contributed by atoms with Crippen LogP contribution < -0.4 is 0 Å². The van der Waals surface area contributed by atoms with Crippen molar-refractivity contribution < 1.29 is 48.3 Å². The highest BCUT2D eigenvalue weighted by Crippen LogP contribution is 2.75. The summed E-state index contributed by atoms with van der Waals surface area (Å²) >= 11 is 0. The molecule has 13 atom stereocenters. The van der Waals surface area contributed by atoms with Gasteiger partial charge in [0.1, 0.15) is 6.10 Å². The Morgan fingerprint density at radius 2 is 1.65 bits per heavy atom. The summed E-state index contributed by atoms with van der Waals surface area (Å²) in [5.41, 5.74) is -3.35. The number of aliphatic hydroxyl groups is 3. The molecule has 0 unspecified atom stereocenters. The number of rotatable bonds is 3. The maximum atomic E-state index is 14.9. The third-order valence-corrected chi connectivity index (χ3v) is 11.9. The van der Waals surface area contributed by atoms with Crippen LogP contribution in [0.5, 0.6) is 0 Å². The minimum Gasteiger partial charge on any atom is -0.472 e. The molecule has 1 saturated heterocycles. The number of furan rings is 1. The summed E-state index contributed by atoms with van der Waals surface area (Å²) in [6.07, 6.45) is -1.16. The molecule has 0 radical (unpaired) electrons. The molecule has 3 N–H and O–H groups in total. The summed E-state index contributed by atoms with van der Waals surface area (Å²) in [6, 6.07) is 1.79. The molecule has 0 amide bonds. The van der Waals surface area contributed by atoms with Gasteiger partial charge in [0.2, 0.25) is 0 Å². The zero-order valence-corrected chi connectivity index (χ0v) is 23.7. The molecular formula is C30H40O10. The summed E-state index contributed by atoms with van der Waals surface area (Å²) in [4.78, 5) is 39.4. The number of hydrogen-bond donors (Lipinski definition) is 3. The van der Waals surface area contributed by atoms with E-state index < -0.39 is 81.9 Å². The van der Waals surface area contributed by atoms with Crippen molar-refractivity contribution in [2.45, 2.75) is 90.3 Å². The van der Waals surface area contributed by atoms with Gasteiger partial charge in [-0.25, -0.2) is 0 Å². The van der Waals surface area contributed by atoms with E-state index in [1.54, 1.807) is 12.3 Å². The molecule has 6 rings (SSSR count). The van der Waals surface area contributed by atoms with Gasteiger partial charge in [-0.15, -0.1) is 0 Å². The van der Waals surface area contributed by atoms with Crippen LogP contribution in [0.1, 0.15) is 65.4 Å². The van der Waals surface area contributed by atoms with Crippen LogP contribution in [0.15, 0.2) is 23.0 Å². The number of carbonyl (C=O) groups is 3. The highest BCUT2D eigenvalue weighted by molar-refractivity contribution is 5.91. The van der Waals surface area contributed by atoms with E-state index in [1.807, 2.05) is 20.8 Å². The van der Waals surface area contributed by atoms with Crippen molar-refractivity contribution in [1.82, 2.24) is 0 Å². The zero-order chi connectivity index (χ0) is 29.0. The molecule has 10 heteroatoms. The first-order valence-electron chi connectivity index (χ1n) is 14.3. The molecule has 4 aliphatic carbocycles. The Morgan fingerprint density at radius 1 is 0.950 bits per heavy atom. The van der Waals surface area contributed by atoms with Gasteiger partial charge in [0.05, 0.1) is 44.1 Å². The molecule has 2 bridgehead atoms. The monoisotopic (exact) mass is 560 g/mol. The van der Waals surface area contributed by atoms with E-state index in [0.29, 0.717) is 6.42 Å². The number of carbonyl (C=O) groups excluding carboxylic acids is 3. The first kappa shape index (κ1) is 27.9. The lowest BCUT2D eigenvalue weighted by molar-refractivity contribution is -0.328. The molecule has 0 aromatic carbocycles. The third-order valence-electron chi connectivity index (χ3n) is 11.9. The third kappa shape index (κ3) is 3.27. The first-order chi connectivity index (χ1) is 18.7. The number of ether oxygens (including phenoxy) is 3. The number of ketones is 1. The number of aliphatic hydroxyl groups excluding tert-OH is 3. The van der Waals surface area contributed by atoms with Gasteiger partial charge in [-0.3, -0.25) is 14.4 Å². The molecule has 2 heterocycles. The molecule has 5 fully saturated rings. The van der Waals surface area contributed by atoms with E-state index in [4.69, 9.17) is 18.6 Å². The first-order valence-corrected chi connectivity index (χ1v) is 14.3. The molecule has 10 nitrogen and oxygen atoms in total. The lowest BCUT2D eigenvalue weighted by Crippen LogP contribution is -2.79. The molecule has 1 aliphatic heterocycles. The highest BCUT2D eigenvalue weighted by atomic mass is 16.6. The van der Waals surface area contributed by atoms with Crippen LogP contribution in [0, 0.1) is 39.4 Å². The SMILES string of the molecule is CC(=O)O[C@@H]1C[C@H](O)[C@@]23COC[C@]1(C)[C@@H]2C[C@@H](O)[C@@]1(C)[C@@H]2[C@@H](O)C[C@@H](c4ccoc4)[C@]2(C)[C@@H](OC(C)=O)C(=O)[C@@H]13. The largest absolute Gasteiger partial charge is 0.472 e. The van der Waals surface area contributed by atoms with E-state index in [2.05, 4.69) is 0 Å². The number of fused-ring (bicyclic) bond motifs is 3. The van der Waals surface area contributed by atoms with Crippen LogP contribution in [0.4, 0.5) is 0 Å². The van der Waals surface area contributed by atoms with Crippen LogP contribution in [0.25, 0.3) is 0 Å². The fourth-order valence-corrected chi connectivity index (χ4v) is 10.6. The Hall–Kier alpha value is -2.27. The van der Waals surface area contributed by atoms with E-state index in [-0.39, 0.29) is 37.8 Å². The second kappa shape index (κ2) is 8.86. The lowest BCUT2D eigenvalue weighted by Gasteiger charge is -2.72. The fraction of sp³-hybridized carbons (Fsp3) is 0.767. The number of Topliss-reactive ketones (excluding diaryl/α,β-unsaturated/α-hetero) is 1. The summed E-state index contributed by atoms with van der Waals surface area (Å²) in [5.74, 6) is -3.91. The molecule has 40 heavy (non-hydrogen) atoms. The highest BCUT2D eigenvalue weighted by Gasteiger charge is 2.81. The van der Waals surface area contributed by atoms with E-state index in [9.17, 15) is 29.7 Å². The van der Waals surface area contributed by atoms with Crippen LogP contribution in [0.2, 0.25) is 0 Å². The second-order valence-electron chi connectivity index (χ2n) is 13.7. The minimum atomic E-state index is -1.22. The summed E-state index contributed by atoms with van der Waals surface area (Å²) < 4.78 is 23.1. The molecule has 1 aromatic heterocycles. The maximum absolute atomic E-state index is 14.9. The molecular weight excluding hydrogens is 520 g/mol. The van der Waals surface area contributed by atoms with Crippen molar-refractivity contribution in [2.75, 3.05) is 13.2 Å². The van der Waals surface area contributed by atoms with Gasteiger partial charge in [0, 0.05) is 53.8 Å². The lowest BCUT2D eigenvalue weighted by atomic mass is 9.33. The van der Waals surface area contributed by atoms with Crippen molar-refractivity contribution >= 4 is 17.7 Å². The Morgan fingerprint density at radius 3 is 2.27 bits per heavy atom. The number of esters is 2. The Labute approximate surface area is 233 Å². The van der Waals surface area contributed by atoms with Gasteiger partial charge < -0.3 is 33.9 Å². The van der Waals surface area contributed by atoms with Crippen molar-refractivity contribution in [3.8, 4) is 0 Å². The van der Waals surface area contributed by atoms with Crippen molar-refractivity contribution in [3.05, 3.63) is 24.2 Å². The Bertz CT molecular complexity index is 1210. The van der Waals surface area contributed by atoms with Crippen LogP contribution in [-0.4, -0.2) is 76.8 Å². The van der Waals surface area contributed by atoms with E-state index in [1.165, 1.54) is 20.1 Å². The van der Waals surface area contributed by atoms with Crippen LogP contribution >= 0.6 is 0 Å². The smallest absolute Gasteiger partial charge is 0.303 e. The zero-order valence-electron chi connectivity index (χ0n) is 23.7. The van der Waals surface area contributed by atoms with E-state index >= 15 is 0 Å². The van der Waals surface area contributed by atoms with Crippen LogP contribution in [-0.2, 0) is 28.6 Å². The van der Waals surface area contributed by atoms with Gasteiger partial charge in [-0.2, -0.15) is 0 Å². The predicted molar refractivity (Wildman–Crippen MR) is 137 cm³/mol. The molecule has 4 saturated carbocycles. The van der Waals surface area contributed by atoms with Gasteiger partial charge in [-0.1, -0.05) is 20.8 Å². The Kier molecular flexibility index (Phi) is 6.18. The van der Waals surface area contributed by atoms with Crippen molar-refractivity contribution in [1.29, 1.82) is 0 Å². The quantitative estimate of drug-likeness (QED) is 0.468. The van der Waals surface area contributed by atoms with Gasteiger partial charge in [-0.05, 0) is 36.3 Å². The predicted octanol–water partition coefficient (Wildman–Crippen LogP) is 1.99. The molecule has 5 aliphatic rings. The summed E-state index contributed by atoms with van der Waals surface area (Å²) in [5, 5.41) is 35.8. The summed E-state index contributed by atoms with van der Waals surface area (Å²) in [7, 11) is 0. The molecule has 220 valence electrons. The Balaban J connectivity index is 1.55. The molecule has 1 aromatic rings. The van der Waals surface area contributed by atoms with Gasteiger partial charge in [0.15, 0.2) is 11.9 Å². The molecule has 0 spiro atoms. The maximum Gasteiger partial charge on any atom is 0.303 e. The minimum absolute atomic E-state index is 0.0669. The van der Waals surface area contributed by atoms with Gasteiger partial charge in [0.25, 0.3) is 0 Å². The van der Waals surface area contributed by atoms with Crippen LogP contribution in [0.3, 0.4) is 0 Å². The van der Waals surface area contributed by atoms with Gasteiger partial charge >= 0.3 is 11.9 Å². The second-order valence-corrected chi connectivity index (χ2v) is 13.7. The average Bonchev–Trinajstić information content (AvgIpc) is 3.48. The standard InChI is InChI=1S/C30H40O10/c1-14(31)39-22-10-21(35)30-13-38-12-27(22,3)19(30)9-20(34)29(5)24-18(33)8-17(16-6-7-37-11-16)28(24,4)26(40-15(2)32)23(36)25(29)30/h6-7,11,17-22,24-26,33-35H,8-10,12-13H2,1-5H3/t17-,18-,19-,20+,21-,22+,24+,25-,26-,27+,28-,29-,30+/m0/s1. The fourth-order valence-electron chi connectivity index (χ4n) is 10.6. The topological polar surface area (TPSA) is 153 Å². The average molecular weight is 561 g/mol. The normalized spacial score (nSPS) is 51.3. The number of hydrogen-bond acceptors (Lipinski definition) is 10. The summed E-state index contributed by atoms with van der Waals surface area (Å²) in [6.45, 7) is 8.53. The van der Waals surface area contributed by atoms with E-state index in [0.717, 1.165) is 5.56 Å². The van der Waals surface area contributed by atoms with Crippen molar-refractivity contribution in [3.63, 3.8) is 0 Å².